The summed E-state index contributed by atoms with van der Waals surface area (Å²) >= 11 is 0. The Balaban J connectivity index is 1.94. The maximum atomic E-state index is 12.0. The van der Waals surface area contributed by atoms with Gasteiger partial charge in [0.1, 0.15) is 0 Å². The van der Waals surface area contributed by atoms with E-state index in [1.807, 2.05) is 0 Å². The van der Waals surface area contributed by atoms with Crippen LogP contribution in [-0.2, 0) is 10.0 Å². The molecule has 0 saturated carbocycles. The van der Waals surface area contributed by atoms with Gasteiger partial charge in [0.15, 0.2) is 0 Å². The summed E-state index contributed by atoms with van der Waals surface area (Å²) in [6.45, 7) is 0.858. The Morgan fingerprint density at radius 3 is 2.53 bits per heavy atom. The molecular weight excluding hydrogens is 274 g/mol. The molecule has 2 heterocycles. The van der Waals surface area contributed by atoms with Crippen LogP contribution < -0.4 is 10.5 Å². The van der Waals surface area contributed by atoms with Gasteiger partial charge < -0.3 is 10.6 Å². The second-order valence-electron chi connectivity index (χ2n) is 4.45. The summed E-state index contributed by atoms with van der Waals surface area (Å²) in [6, 6.07) is -0.146. The first kappa shape index (κ1) is 13.7. The number of carbonyl (C=O) groups is 1. The fraction of sp³-hybridized carbons (Fsp3) is 0.667. The molecule has 1 fully saturated rings. The number of carbonyl (C=O) groups excluding carboxylic acids is 1. The van der Waals surface area contributed by atoms with Crippen molar-refractivity contribution >= 4 is 21.7 Å². The highest BCUT2D eigenvalue weighted by Crippen LogP contribution is 2.15. The molecule has 1 aliphatic rings. The van der Waals surface area contributed by atoms with Gasteiger partial charge in [-0.1, -0.05) is 0 Å². The number of nitrogens with one attached hydrogen (secondary N) is 1. The molecule has 0 aromatic carbocycles. The third kappa shape index (κ3) is 3.41. The van der Waals surface area contributed by atoms with Crippen molar-refractivity contribution in [3.05, 3.63) is 5.69 Å². The third-order valence-electron chi connectivity index (χ3n) is 2.88. The molecule has 0 bridgehead atoms. The highest BCUT2D eigenvalue weighted by atomic mass is 32.2. The average Bonchev–Trinajstić information content (AvgIpc) is 2.73. The summed E-state index contributed by atoms with van der Waals surface area (Å²) in [7, 11) is -3.22. The van der Waals surface area contributed by atoms with E-state index in [0.29, 0.717) is 25.9 Å². The largest absolute Gasteiger partial charge is 0.379 e. The molecule has 0 unspecified atom stereocenters. The van der Waals surface area contributed by atoms with Gasteiger partial charge in [-0.05, 0) is 23.2 Å². The van der Waals surface area contributed by atoms with Crippen LogP contribution in [0.4, 0.5) is 5.82 Å². The summed E-state index contributed by atoms with van der Waals surface area (Å²) in [5.41, 5.74) is 5.45. The molecule has 1 aromatic heterocycles. The SMILES string of the molecule is CS(=O)(=O)NC1CCN(C(=O)c2nonc2N)CC1. The quantitative estimate of drug-likeness (QED) is 0.714. The van der Waals surface area contributed by atoms with Gasteiger partial charge >= 0.3 is 0 Å². The van der Waals surface area contributed by atoms with E-state index in [1.54, 1.807) is 4.90 Å². The van der Waals surface area contributed by atoms with Crippen molar-refractivity contribution < 1.29 is 17.8 Å². The number of likely N-dealkylation sites (tertiary alicyclic amines) is 1. The number of nitrogen functional groups attached to an aromatic ring is 1. The lowest BCUT2D eigenvalue weighted by Crippen LogP contribution is -2.46. The van der Waals surface area contributed by atoms with Crippen molar-refractivity contribution in [3.8, 4) is 0 Å². The molecule has 9 nitrogen and oxygen atoms in total. The maximum absolute atomic E-state index is 12.0. The van der Waals surface area contributed by atoms with Gasteiger partial charge in [0.25, 0.3) is 5.91 Å². The average molecular weight is 289 g/mol. The van der Waals surface area contributed by atoms with Gasteiger partial charge in [-0.3, -0.25) is 4.79 Å². The molecular formula is C9H15N5O4S. The maximum Gasteiger partial charge on any atom is 0.280 e. The minimum absolute atomic E-state index is 0.00507. The number of hydrogen-bond acceptors (Lipinski definition) is 7. The molecule has 0 atom stereocenters. The Morgan fingerprint density at radius 2 is 2.05 bits per heavy atom. The third-order valence-corrected chi connectivity index (χ3v) is 3.64. The minimum Gasteiger partial charge on any atom is -0.379 e. The van der Waals surface area contributed by atoms with E-state index in [0.717, 1.165) is 6.26 Å². The van der Waals surface area contributed by atoms with Crippen LogP contribution in [0.1, 0.15) is 23.3 Å². The van der Waals surface area contributed by atoms with Gasteiger partial charge in [-0.25, -0.2) is 17.8 Å². The summed E-state index contributed by atoms with van der Waals surface area (Å²) < 4.78 is 29.1. The first-order valence-corrected chi connectivity index (χ1v) is 7.60. The van der Waals surface area contributed by atoms with Crippen LogP contribution in [0.25, 0.3) is 0 Å². The zero-order valence-electron chi connectivity index (χ0n) is 10.4. The number of piperidine rings is 1. The van der Waals surface area contributed by atoms with E-state index >= 15 is 0 Å². The van der Waals surface area contributed by atoms with Crippen molar-refractivity contribution in [2.75, 3.05) is 25.1 Å². The Bertz CT molecular complexity index is 561. The van der Waals surface area contributed by atoms with E-state index in [1.165, 1.54) is 0 Å². The Morgan fingerprint density at radius 1 is 1.42 bits per heavy atom. The highest BCUT2D eigenvalue weighted by Gasteiger charge is 2.28. The van der Waals surface area contributed by atoms with E-state index in [-0.39, 0.29) is 23.5 Å². The summed E-state index contributed by atoms with van der Waals surface area (Å²) in [4.78, 5) is 13.6. The lowest BCUT2D eigenvalue weighted by atomic mass is 10.1. The molecule has 1 saturated heterocycles. The number of aromatic nitrogens is 2. The van der Waals surface area contributed by atoms with Crippen LogP contribution in [0.3, 0.4) is 0 Å². The van der Waals surface area contributed by atoms with Crippen LogP contribution in [0.5, 0.6) is 0 Å². The molecule has 2 rings (SSSR count). The number of nitrogens with zero attached hydrogens (tertiary/aromatic N) is 3. The topological polar surface area (TPSA) is 131 Å². The summed E-state index contributed by atoms with van der Waals surface area (Å²) in [5, 5.41) is 6.80. The fourth-order valence-corrected chi connectivity index (χ4v) is 2.84. The molecule has 1 aromatic rings. The van der Waals surface area contributed by atoms with Crippen LogP contribution in [0, 0.1) is 0 Å². The molecule has 0 radical (unpaired) electrons. The number of nitrogens with two attached hydrogens (primary N) is 1. The minimum atomic E-state index is -3.22. The van der Waals surface area contributed by atoms with Crippen molar-refractivity contribution in [3.63, 3.8) is 0 Å². The Kier molecular flexibility index (Phi) is 3.71. The van der Waals surface area contributed by atoms with Gasteiger partial charge in [0, 0.05) is 19.1 Å². The molecule has 0 aliphatic carbocycles. The lowest BCUT2D eigenvalue weighted by molar-refractivity contribution is 0.0701. The molecule has 3 N–H and O–H groups in total. The van der Waals surface area contributed by atoms with E-state index in [4.69, 9.17) is 5.73 Å². The zero-order valence-corrected chi connectivity index (χ0v) is 11.2. The Hall–Kier alpha value is -1.68. The molecule has 10 heteroatoms. The fourth-order valence-electron chi connectivity index (χ4n) is 2.00. The van der Waals surface area contributed by atoms with Crippen LogP contribution in [0.2, 0.25) is 0 Å². The summed E-state index contributed by atoms with van der Waals surface area (Å²) in [6.07, 6.45) is 2.21. The second-order valence-corrected chi connectivity index (χ2v) is 6.23. The second kappa shape index (κ2) is 5.13. The highest BCUT2D eigenvalue weighted by molar-refractivity contribution is 7.88. The monoisotopic (exact) mass is 289 g/mol. The van der Waals surface area contributed by atoms with Crippen LogP contribution in [0.15, 0.2) is 4.63 Å². The van der Waals surface area contributed by atoms with E-state index in [2.05, 4.69) is 19.7 Å². The Labute approximate surface area is 110 Å². The first-order chi connectivity index (χ1) is 8.87. The summed E-state index contributed by atoms with van der Waals surface area (Å²) in [5.74, 6) is -0.391. The molecule has 19 heavy (non-hydrogen) atoms. The van der Waals surface area contributed by atoms with Crippen molar-refractivity contribution in [1.82, 2.24) is 19.9 Å². The van der Waals surface area contributed by atoms with Crippen molar-refractivity contribution in [2.45, 2.75) is 18.9 Å². The number of hydrogen-bond donors (Lipinski definition) is 2. The zero-order chi connectivity index (χ0) is 14.0. The van der Waals surface area contributed by atoms with Crippen molar-refractivity contribution in [1.29, 1.82) is 0 Å². The predicted octanol–water partition coefficient (Wildman–Crippen LogP) is -1.19. The van der Waals surface area contributed by atoms with E-state index < -0.39 is 10.0 Å². The number of anilines is 1. The van der Waals surface area contributed by atoms with Gasteiger partial charge in [0.05, 0.1) is 6.26 Å². The van der Waals surface area contributed by atoms with Crippen molar-refractivity contribution in [2.24, 2.45) is 0 Å². The molecule has 1 amide bonds. The van der Waals surface area contributed by atoms with E-state index in [9.17, 15) is 13.2 Å². The first-order valence-electron chi connectivity index (χ1n) is 5.71. The molecule has 106 valence electrons. The standard InChI is InChI=1S/C9H15N5O4S/c1-19(16,17)13-6-2-4-14(5-3-6)9(15)7-8(10)12-18-11-7/h6,13H,2-5H2,1H3,(H2,10,12). The number of sulfonamides is 1. The normalized spacial score (nSPS) is 17.6. The number of rotatable bonds is 3. The number of amides is 1. The van der Waals surface area contributed by atoms with Gasteiger partial charge in [0.2, 0.25) is 21.5 Å². The lowest BCUT2D eigenvalue weighted by Gasteiger charge is -2.31. The van der Waals surface area contributed by atoms with Crippen LogP contribution in [-0.4, -0.2) is 54.9 Å². The van der Waals surface area contributed by atoms with Gasteiger partial charge in [-0.15, -0.1) is 0 Å². The van der Waals surface area contributed by atoms with Crippen LogP contribution >= 0.6 is 0 Å². The van der Waals surface area contributed by atoms with Gasteiger partial charge in [-0.2, -0.15) is 0 Å². The molecule has 1 aliphatic heterocycles. The smallest absolute Gasteiger partial charge is 0.280 e. The predicted molar refractivity (Wildman–Crippen MR) is 65.6 cm³/mol. The molecule has 0 spiro atoms.